The summed E-state index contributed by atoms with van der Waals surface area (Å²) >= 11 is 0. The Morgan fingerprint density at radius 2 is 1.89 bits per heavy atom. The monoisotopic (exact) mass is 251 g/mol. The van der Waals surface area contributed by atoms with E-state index in [9.17, 15) is 0 Å². The van der Waals surface area contributed by atoms with Crippen molar-refractivity contribution in [3.8, 4) is 17.3 Å². The highest BCUT2D eigenvalue weighted by Crippen LogP contribution is 2.35. The van der Waals surface area contributed by atoms with Crippen molar-refractivity contribution < 1.29 is 0 Å². The van der Waals surface area contributed by atoms with Crippen molar-refractivity contribution in [1.82, 2.24) is 9.78 Å². The Morgan fingerprint density at radius 1 is 1.21 bits per heavy atom. The molecule has 3 nitrogen and oxygen atoms in total. The minimum atomic E-state index is 0.589. The number of aromatic nitrogens is 2. The molecule has 0 amide bonds. The number of hydrogen-bond acceptors (Lipinski definition) is 2. The zero-order valence-electron chi connectivity index (χ0n) is 11.3. The Hall–Kier alpha value is -2.08. The van der Waals surface area contributed by atoms with Gasteiger partial charge >= 0.3 is 0 Å². The maximum atomic E-state index is 8.84. The topological polar surface area (TPSA) is 41.6 Å². The molecule has 3 rings (SSSR count). The SMILES string of the molecule is Cc1c(-c2ccc(C#N)cc2)nn(C2CCC2)c1C. The molecule has 0 N–H and O–H groups in total. The number of nitriles is 1. The molecule has 0 unspecified atom stereocenters. The highest BCUT2D eigenvalue weighted by molar-refractivity contribution is 5.64. The van der Waals surface area contributed by atoms with Crippen LogP contribution in [0.15, 0.2) is 24.3 Å². The highest BCUT2D eigenvalue weighted by Gasteiger charge is 2.24. The van der Waals surface area contributed by atoms with Crippen molar-refractivity contribution in [2.75, 3.05) is 0 Å². The molecular formula is C16H17N3. The van der Waals surface area contributed by atoms with Crippen molar-refractivity contribution >= 4 is 0 Å². The molecule has 96 valence electrons. The summed E-state index contributed by atoms with van der Waals surface area (Å²) in [5.74, 6) is 0. The van der Waals surface area contributed by atoms with Crippen LogP contribution in [0.2, 0.25) is 0 Å². The quantitative estimate of drug-likeness (QED) is 0.815. The summed E-state index contributed by atoms with van der Waals surface area (Å²) in [5.41, 5.74) is 5.35. The molecule has 1 aromatic heterocycles. The third kappa shape index (κ3) is 1.94. The molecule has 0 saturated heterocycles. The predicted octanol–water partition coefficient (Wildman–Crippen LogP) is 3.76. The average molecular weight is 251 g/mol. The van der Waals surface area contributed by atoms with E-state index in [0.717, 1.165) is 11.3 Å². The first-order valence-corrected chi connectivity index (χ1v) is 6.77. The zero-order valence-corrected chi connectivity index (χ0v) is 11.3. The standard InChI is InChI=1S/C16H17N3/c1-11-12(2)19(15-4-3-5-15)18-16(11)14-8-6-13(10-17)7-9-14/h6-9,15H,3-5H2,1-2H3. The summed E-state index contributed by atoms with van der Waals surface area (Å²) in [6.45, 7) is 4.28. The lowest BCUT2D eigenvalue weighted by Gasteiger charge is -2.27. The van der Waals surface area contributed by atoms with E-state index < -0.39 is 0 Å². The van der Waals surface area contributed by atoms with E-state index in [4.69, 9.17) is 10.4 Å². The Balaban J connectivity index is 2.02. The number of benzene rings is 1. The fourth-order valence-electron chi connectivity index (χ4n) is 2.56. The van der Waals surface area contributed by atoms with E-state index in [0.29, 0.717) is 11.6 Å². The predicted molar refractivity (Wildman–Crippen MR) is 74.7 cm³/mol. The maximum absolute atomic E-state index is 8.84. The third-order valence-electron chi connectivity index (χ3n) is 4.16. The molecule has 1 heterocycles. The Kier molecular flexibility index (Phi) is 2.87. The summed E-state index contributed by atoms with van der Waals surface area (Å²) < 4.78 is 2.19. The lowest BCUT2D eigenvalue weighted by Crippen LogP contribution is -2.19. The first kappa shape index (κ1) is 12.0. The van der Waals surface area contributed by atoms with Gasteiger partial charge in [0.15, 0.2) is 0 Å². The molecule has 0 aliphatic heterocycles. The first-order chi connectivity index (χ1) is 9.20. The summed E-state index contributed by atoms with van der Waals surface area (Å²) in [5, 5.41) is 13.6. The van der Waals surface area contributed by atoms with Crippen LogP contribution in [0.5, 0.6) is 0 Å². The van der Waals surface area contributed by atoms with Gasteiger partial charge in [0.1, 0.15) is 0 Å². The van der Waals surface area contributed by atoms with Gasteiger partial charge in [-0.2, -0.15) is 10.4 Å². The second-order valence-electron chi connectivity index (χ2n) is 5.28. The molecule has 1 aliphatic rings. The van der Waals surface area contributed by atoms with E-state index in [2.05, 4.69) is 24.6 Å². The Morgan fingerprint density at radius 3 is 2.42 bits per heavy atom. The van der Waals surface area contributed by atoms with Crippen LogP contribution in [0, 0.1) is 25.2 Å². The minimum absolute atomic E-state index is 0.589. The smallest absolute Gasteiger partial charge is 0.0991 e. The van der Waals surface area contributed by atoms with E-state index in [1.54, 1.807) is 0 Å². The molecule has 0 bridgehead atoms. The fourth-order valence-corrected chi connectivity index (χ4v) is 2.56. The summed E-state index contributed by atoms with van der Waals surface area (Å²) in [4.78, 5) is 0. The largest absolute Gasteiger partial charge is 0.266 e. The van der Waals surface area contributed by atoms with Crippen LogP contribution in [0.25, 0.3) is 11.3 Å². The van der Waals surface area contributed by atoms with E-state index in [1.807, 2.05) is 24.3 Å². The first-order valence-electron chi connectivity index (χ1n) is 6.77. The van der Waals surface area contributed by atoms with Crippen molar-refractivity contribution in [1.29, 1.82) is 5.26 Å². The lowest BCUT2D eigenvalue weighted by atomic mass is 9.93. The number of rotatable bonds is 2. The molecule has 0 atom stereocenters. The third-order valence-corrected chi connectivity index (χ3v) is 4.16. The van der Waals surface area contributed by atoms with Crippen LogP contribution < -0.4 is 0 Å². The van der Waals surface area contributed by atoms with Gasteiger partial charge in [-0.3, -0.25) is 4.68 Å². The van der Waals surface area contributed by atoms with Gasteiger partial charge in [-0.15, -0.1) is 0 Å². The van der Waals surface area contributed by atoms with E-state index >= 15 is 0 Å². The van der Waals surface area contributed by atoms with Gasteiger partial charge < -0.3 is 0 Å². The van der Waals surface area contributed by atoms with Crippen LogP contribution in [-0.4, -0.2) is 9.78 Å². The van der Waals surface area contributed by atoms with Gasteiger partial charge in [0, 0.05) is 11.3 Å². The summed E-state index contributed by atoms with van der Waals surface area (Å²) in [6.07, 6.45) is 3.80. The minimum Gasteiger partial charge on any atom is -0.266 e. The van der Waals surface area contributed by atoms with Gasteiger partial charge in [-0.25, -0.2) is 0 Å². The molecule has 1 aliphatic carbocycles. The van der Waals surface area contributed by atoms with Gasteiger partial charge in [-0.1, -0.05) is 12.1 Å². The van der Waals surface area contributed by atoms with Crippen molar-refractivity contribution in [3.63, 3.8) is 0 Å². The lowest BCUT2D eigenvalue weighted by molar-refractivity contribution is 0.285. The normalized spacial score (nSPS) is 15.0. The fraction of sp³-hybridized carbons (Fsp3) is 0.375. The van der Waals surface area contributed by atoms with Gasteiger partial charge in [0.05, 0.1) is 23.4 Å². The molecule has 3 heteroatoms. The van der Waals surface area contributed by atoms with Crippen LogP contribution in [0.4, 0.5) is 0 Å². The Labute approximate surface area is 113 Å². The maximum Gasteiger partial charge on any atom is 0.0991 e. The zero-order chi connectivity index (χ0) is 13.4. The van der Waals surface area contributed by atoms with Gasteiger partial charge in [-0.05, 0) is 50.8 Å². The molecule has 19 heavy (non-hydrogen) atoms. The van der Waals surface area contributed by atoms with E-state index in [1.165, 1.54) is 30.5 Å². The van der Waals surface area contributed by atoms with E-state index in [-0.39, 0.29) is 0 Å². The molecule has 1 aromatic carbocycles. The second kappa shape index (κ2) is 4.55. The van der Waals surface area contributed by atoms with Crippen molar-refractivity contribution in [2.45, 2.75) is 39.2 Å². The molecule has 0 radical (unpaired) electrons. The molecule has 2 aromatic rings. The van der Waals surface area contributed by atoms with Crippen LogP contribution in [0.1, 0.15) is 42.1 Å². The molecule has 1 fully saturated rings. The van der Waals surface area contributed by atoms with Gasteiger partial charge in [0.2, 0.25) is 0 Å². The van der Waals surface area contributed by atoms with Crippen LogP contribution in [0.3, 0.4) is 0 Å². The summed E-state index contributed by atoms with van der Waals surface area (Å²) in [7, 11) is 0. The number of hydrogen-bond donors (Lipinski definition) is 0. The van der Waals surface area contributed by atoms with Crippen molar-refractivity contribution in [2.24, 2.45) is 0 Å². The number of nitrogens with zero attached hydrogens (tertiary/aromatic N) is 3. The molecule has 1 saturated carbocycles. The second-order valence-corrected chi connectivity index (χ2v) is 5.28. The van der Waals surface area contributed by atoms with Crippen LogP contribution >= 0.6 is 0 Å². The average Bonchev–Trinajstić information content (AvgIpc) is 2.66. The molecular weight excluding hydrogens is 234 g/mol. The van der Waals surface area contributed by atoms with Gasteiger partial charge in [0.25, 0.3) is 0 Å². The van der Waals surface area contributed by atoms with Crippen LogP contribution in [-0.2, 0) is 0 Å². The summed E-state index contributed by atoms with van der Waals surface area (Å²) in [6, 6.07) is 10.4. The molecule has 0 spiro atoms. The van der Waals surface area contributed by atoms with Crippen molar-refractivity contribution in [3.05, 3.63) is 41.1 Å². The highest BCUT2D eigenvalue weighted by atomic mass is 15.3. The Bertz CT molecular complexity index is 640.